The van der Waals surface area contributed by atoms with Gasteiger partial charge in [-0.15, -0.1) is 11.3 Å². The van der Waals surface area contributed by atoms with Crippen molar-refractivity contribution in [3.05, 3.63) is 33.1 Å². The van der Waals surface area contributed by atoms with Gasteiger partial charge in [-0.1, -0.05) is 30.5 Å². The maximum absolute atomic E-state index is 13.7. The van der Waals surface area contributed by atoms with E-state index in [9.17, 15) is 18.0 Å². The number of nitrogens with zero attached hydrogens (tertiary/aromatic N) is 2. The Hall–Kier alpha value is -1.74. The maximum Gasteiger partial charge on any atom is 0.410 e. The maximum atomic E-state index is 13.7. The van der Waals surface area contributed by atoms with Crippen LogP contribution in [0.2, 0.25) is 5.02 Å². The highest BCUT2D eigenvalue weighted by Gasteiger charge is 2.48. The first-order valence-electron chi connectivity index (χ1n) is 8.80. The summed E-state index contributed by atoms with van der Waals surface area (Å²) in [4.78, 5) is 13.3. The summed E-state index contributed by atoms with van der Waals surface area (Å²) in [7, 11) is 0. The molecule has 10 heteroatoms. The monoisotopic (exact) mass is 418 g/mol. The van der Waals surface area contributed by atoms with Crippen LogP contribution in [0.3, 0.4) is 0 Å². The quantitative estimate of drug-likeness (QED) is 0.743. The number of halogens is 4. The van der Waals surface area contributed by atoms with Gasteiger partial charge in [0.05, 0.1) is 6.04 Å². The summed E-state index contributed by atoms with van der Waals surface area (Å²) < 4.78 is 41.8. The highest BCUT2D eigenvalue weighted by Crippen LogP contribution is 2.46. The Labute approximate surface area is 162 Å². The van der Waals surface area contributed by atoms with Gasteiger partial charge >= 0.3 is 6.18 Å². The molecule has 1 saturated carbocycles. The van der Waals surface area contributed by atoms with Gasteiger partial charge in [0.1, 0.15) is 10.8 Å². The van der Waals surface area contributed by atoms with Crippen molar-refractivity contribution < 1.29 is 18.0 Å². The zero-order chi connectivity index (χ0) is 19.2. The molecule has 2 aromatic rings. The molecule has 146 valence electrons. The van der Waals surface area contributed by atoms with Crippen molar-refractivity contribution in [2.75, 3.05) is 5.32 Å². The highest BCUT2D eigenvalue weighted by molar-refractivity contribution is 7.10. The summed E-state index contributed by atoms with van der Waals surface area (Å²) in [5.41, 5.74) is -0.160. The Bertz CT molecular complexity index is 830. The molecule has 1 fully saturated rings. The van der Waals surface area contributed by atoms with Gasteiger partial charge in [0, 0.05) is 17.3 Å². The van der Waals surface area contributed by atoms with E-state index < -0.39 is 24.2 Å². The van der Waals surface area contributed by atoms with Crippen LogP contribution in [0.1, 0.15) is 59.6 Å². The molecule has 2 N–H and O–H groups in total. The molecule has 27 heavy (non-hydrogen) atoms. The second-order valence-electron chi connectivity index (χ2n) is 6.92. The van der Waals surface area contributed by atoms with Gasteiger partial charge in [0.25, 0.3) is 5.91 Å². The van der Waals surface area contributed by atoms with Gasteiger partial charge < -0.3 is 10.6 Å². The third kappa shape index (κ3) is 3.54. The van der Waals surface area contributed by atoms with Crippen LogP contribution < -0.4 is 10.6 Å². The summed E-state index contributed by atoms with van der Waals surface area (Å²) in [5.74, 6) is -0.482. The molecule has 4 rings (SSSR count). The molecule has 2 aliphatic rings. The number of nitrogens with one attached hydrogen (secondary N) is 2. The molecule has 2 atom stereocenters. The van der Waals surface area contributed by atoms with E-state index >= 15 is 0 Å². The average Bonchev–Trinajstić information content (AvgIpc) is 3.35. The fourth-order valence-corrected chi connectivity index (χ4v) is 4.79. The second kappa shape index (κ2) is 7.01. The van der Waals surface area contributed by atoms with E-state index in [2.05, 4.69) is 15.7 Å². The van der Waals surface area contributed by atoms with Gasteiger partial charge in [-0.25, -0.2) is 4.68 Å². The first kappa shape index (κ1) is 18.6. The molecule has 1 amide bonds. The van der Waals surface area contributed by atoms with Crippen molar-refractivity contribution in [3.63, 3.8) is 0 Å². The van der Waals surface area contributed by atoms with Crippen LogP contribution in [0, 0.1) is 0 Å². The fourth-order valence-electron chi connectivity index (χ4n) is 3.73. The Morgan fingerprint density at radius 3 is 2.74 bits per heavy atom. The topological polar surface area (TPSA) is 59.0 Å². The lowest BCUT2D eigenvalue weighted by molar-refractivity contribution is -0.173. The summed E-state index contributed by atoms with van der Waals surface area (Å²) in [6.45, 7) is 0. The van der Waals surface area contributed by atoms with E-state index in [1.807, 2.05) is 5.38 Å². The Morgan fingerprint density at radius 2 is 2.11 bits per heavy atom. The van der Waals surface area contributed by atoms with Gasteiger partial charge in [0.2, 0.25) is 0 Å². The van der Waals surface area contributed by atoms with Gasteiger partial charge in [-0.2, -0.15) is 18.3 Å². The third-order valence-corrected chi connectivity index (χ3v) is 6.43. The van der Waals surface area contributed by atoms with Crippen molar-refractivity contribution >= 4 is 34.7 Å². The molecule has 0 saturated heterocycles. The van der Waals surface area contributed by atoms with E-state index in [0.29, 0.717) is 0 Å². The third-order valence-electron chi connectivity index (χ3n) is 5.09. The molecule has 0 bridgehead atoms. The lowest BCUT2D eigenvalue weighted by atomic mass is 10.0. The minimum atomic E-state index is -4.50. The fraction of sp³-hybridized carbons (Fsp3) is 0.529. The number of carbonyl (C=O) groups excluding carboxylic acids is 1. The van der Waals surface area contributed by atoms with Crippen molar-refractivity contribution in [1.82, 2.24) is 15.1 Å². The molecule has 0 spiro atoms. The summed E-state index contributed by atoms with van der Waals surface area (Å²) in [6, 6.07) is 1.22. The number of thiophene rings is 1. The number of carbonyl (C=O) groups is 1. The van der Waals surface area contributed by atoms with Gasteiger partial charge in [0.15, 0.2) is 11.7 Å². The SMILES string of the molecule is O=C(NC1CCCC1)c1nn2c(c1Cl)NC(c1cccs1)CC2C(F)(F)F. The van der Waals surface area contributed by atoms with Crippen LogP contribution >= 0.6 is 22.9 Å². The standard InChI is InChI=1S/C17H18ClF3N4OS/c18-13-14(16(26)22-9-4-1-2-5-9)24-25-12(17(19,20)21)8-10(23-15(13)25)11-6-3-7-27-11/h3,6-7,9-10,12,23H,1-2,4-5,8H2,(H,22,26). The second-order valence-corrected chi connectivity index (χ2v) is 8.27. The summed E-state index contributed by atoms with van der Waals surface area (Å²) in [6.07, 6.45) is -0.932. The summed E-state index contributed by atoms with van der Waals surface area (Å²) >= 11 is 7.67. The molecular formula is C17H18ClF3N4OS. The van der Waals surface area contributed by atoms with Crippen LogP contribution in [0.5, 0.6) is 0 Å². The predicted octanol–water partition coefficient (Wildman–Crippen LogP) is 4.93. The van der Waals surface area contributed by atoms with Crippen LogP contribution in [-0.2, 0) is 0 Å². The lowest BCUT2D eigenvalue weighted by Gasteiger charge is -2.32. The number of hydrogen-bond donors (Lipinski definition) is 2. The van der Waals surface area contributed by atoms with E-state index in [1.165, 1.54) is 11.3 Å². The van der Waals surface area contributed by atoms with Crippen molar-refractivity contribution in [2.24, 2.45) is 0 Å². The van der Waals surface area contributed by atoms with Crippen LogP contribution in [-0.4, -0.2) is 27.9 Å². The molecule has 2 aromatic heterocycles. The lowest BCUT2D eigenvalue weighted by Crippen LogP contribution is -2.36. The average molecular weight is 419 g/mol. The van der Waals surface area contributed by atoms with Crippen LogP contribution in [0.4, 0.5) is 19.0 Å². The number of hydrogen-bond acceptors (Lipinski definition) is 4. The predicted molar refractivity (Wildman–Crippen MR) is 97.4 cm³/mol. The number of alkyl halides is 3. The van der Waals surface area contributed by atoms with Crippen molar-refractivity contribution in [3.8, 4) is 0 Å². The smallest absolute Gasteiger partial charge is 0.361 e. The van der Waals surface area contributed by atoms with Gasteiger partial charge in [-0.05, 0) is 24.3 Å². The molecule has 0 radical (unpaired) electrons. The number of rotatable bonds is 3. The van der Waals surface area contributed by atoms with Crippen LogP contribution in [0.25, 0.3) is 0 Å². The molecule has 1 aliphatic heterocycles. The largest absolute Gasteiger partial charge is 0.410 e. The Balaban J connectivity index is 1.67. The number of aromatic nitrogens is 2. The van der Waals surface area contributed by atoms with Crippen molar-refractivity contribution in [2.45, 2.75) is 56.4 Å². The van der Waals surface area contributed by atoms with Gasteiger partial charge in [-0.3, -0.25) is 4.79 Å². The normalized spacial score (nSPS) is 23.1. The number of anilines is 1. The van der Waals surface area contributed by atoms with Crippen LogP contribution in [0.15, 0.2) is 17.5 Å². The first-order valence-corrected chi connectivity index (χ1v) is 10.1. The molecular weight excluding hydrogens is 401 g/mol. The molecule has 1 aliphatic carbocycles. The number of fused-ring (bicyclic) bond motifs is 1. The van der Waals surface area contributed by atoms with E-state index in [4.69, 9.17) is 11.6 Å². The summed E-state index contributed by atoms with van der Waals surface area (Å²) in [5, 5.41) is 11.6. The van der Waals surface area contributed by atoms with E-state index in [0.717, 1.165) is 35.2 Å². The Kier molecular flexibility index (Phi) is 4.84. The highest BCUT2D eigenvalue weighted by atomic mass is 35.5. The van der Waals surface area contributed by atoms with E-state index in [1.54, 1.807) is 12.1 Å². The molecule has 2 unspecified atom stereocenters. The molecule has 5 nitrogen and oxygen atoms in total. The minimum absolute atomic E-state index is 0.0255. The number of amides is 1. The zero-order valence-corrected chi connectivity index (χ0v) is 15.8. The Morgan fingerprint density at radius 1 is 1.37 bits per heavy atom. The van der Waals surface area contributed by atoms with E-state index in [-0.39, 0.29) is 29.0 Å². The molecule has 0 aromatic carbocycles. The minimum Gasteiger partial charge on any atom is -0.361 e. The zero-order valence-electron chi connectivity index (χ0n) is 14.2. The first-order chi connectivity index (χ1) is 12.8. The molecule has 3 heterocycles. The van der Waals surface area contributed by atoms with Crippen molar-refractivity contribution in [1.29, 1.82) is 0 Å².